The van der Waals surface area contributed by atoms with E-state index >= 15 is 0 Å². The zero-order valence-corrected chi connectivity index (χ0v) is 14.4. The Labute approximate surface area is 136 Å². The highest BCUT2D eigenvalue weighted by Crippen LogP contribution is 2.13. The Balaban J connectivity index is 1.62. The van der Waals surface area contributed by atoms with Crippen molar-refractivity contribution in [2.75, 3.05) is 39.3 Å². The summed E-state index contributed by atoms with van der Waals surface area (Å²) in [4.78, 5) is 5.34. The van der Waals surface area contributed by atoms with Crippen molar-refractivity contribution in [3.05, 3.63) is 35.9 Å². The van der Waals surface area contributed by atoms with Crippen LogP contribution in [0.15, 0.2) is 30.3 Å². The SMILES string of the molecule is CCCN1CCN(CCCNCc2ccccc2)C(CC)C1. The summed E-state index contributed by atoms with van der Waals surface area (Å²) < 4.78 is 0. The van der Waals surface area contributed by atoms with Gasteiger partial charge in [0.2, 0.25) is 0 Å². The quantitative estimate of drug-likeness (QED) is 0.708. The molecule has 1 unspecified atom stereocenters. The maximum Gasteiger partial charge on any atom is 0.0221 e. The standard InChI is InChI=1S/C19H33N3/c1-3-12-21-14-15-22(19(4-2)17-21)13-8-11-20-16-18-9-6-5-7-10-18/h5-7,9-10,19-20H,3-4,8,11-17H2,1-2H3. The lowest BCUT2D eigenvalue weighted by Gasteiger charge is -2.41. The molecule has 0 aromatic heterocycles. The van der Waals surface area contributed by atoms with E-state index in [1.165, 1.54) is 57.5 Å². The monoisotopic (exact) mass is 303 g/mol. The van der Waals surface area contributed by atoms with Crippen molar-refractivity contribution in [2.24, 2.45) is 0 Å². The van der Waals surface area contributed by atoms with Gasteiger partial charge in [0.05, 0.1) is 0 Å². The summed E-state index contributed by atoms with van der Waals surface area (Å²) in [5.74, 6) is 0. The maximum absolute atomic E-state index is 3.57. The molecule has 0 radical (unpaired) electrons. The first-order valence-corrected chi connectivity index (χ1v) is 9.04. The fraction of sp³-hybridized carbons (Fsp3) is 0.684. The summed E-state index contributed by atoms with van der Waals surface area (Å²) in [6.07, 6.45) is 3.80. The van der Waals surface area contributed by atoms with Gasteiger partial charge in [0.15, 0.2) is 0 Å². The van der Waals surface area contributed by atoms with E-state index in [-0.39, 0.29) is 0 Å². The van der Waals surface area contributed by atoms with E-state index in [0.29, 0.717) is 0 Å². The number of benzene rings is 1. The second-order valence-corrected chi connectivity index (χ2v) is 6.41. The summed E-state index contributed by atoms with van der Waals surface area (Å²) in [6, 6.07) is 11.4. The van der Waals surface area contributed by atoms with Gasteiger partial charge in [-0.05, 0) is 44.5 Å². The van der Waals surface area contributed by atoms with Gasteiger partial charge in [0.25, 0.3) is 0 Å². The number of hydrogen-bond acceptors (Lipinski definition) is 3. The summed E-state index contributed by atoms with van der Waals surface area (Å²) in [7, 11) is 0. The largest absolute Gasteiger partial charge is 0.313 e. The Morgan fingerprint density at radius 1 is 1.09 bits per heavy atom. The Bertz CT molecular complexity index is 393. The predicted molar refractivity (Wildman–Crippen MR) is 95.1 cm³/mol. The molecule has 0 spiro atoms. The summed E-state index contributed by atoms with van der Waals surface area (Å²) in [5, 5.41) is 3.57. The van der Waals surface area contributed by atoms with Gasteiger partial charge in [0.1, 0.15) is 0 Å². The van der Waals surface area contributed by atoms with Crippen LogP contribution in [-0.4, -0.2) is 55.1 Å². The number of rotatable bonds is 9. The van der Waals surface area contributed by atoms with Crippen molar-refractivity contribution in [3.8, 4) is 0 Å². The Kier molecular flexibility index (Phi) is 7.92. The number of piperazine rings is 1. The van der Waals surface area contributed by atoms with Crippen molar-refractivity contribution in [1.82, 2.24) is 15.1 Å². The van der Waals surface area contributed by atoms with Gasteiger partial charge in [-0.1, -0.05) is 44.2 Å². The fourth-order valence-electron chi connectivity index (χ4n) is 3.39. The van der Waals surface area contributed by atoms with Gasteiger partial charge >= 0.3 is 0 Å². The van der Waals surface area contributed by atoms with Crippen LogP contribution in [0.4, 0.5) is 0 Å². The predicted octanol–water partition coefficient (Wildman–Crippen LogP) is 2.97. The van der Waals surface area contributed by atoms with Crippen LogP contribution in [0.1, 0.15) is 38.7 Å². The lowest BCUT2D eigenvalue weighted by atomic mass is 10.1. The molecule has 3 heteroatoms. The molecule has 1 aliphatic heterocycles. The van der Waals surface area contributed by atoms with E-state index < -0.39 is 0 Å². The number of nitrogens with zero attached hydrogens (tertiary/aromatic N) is 2. The molecule has 0 amide bonds. The molecule has 1 aliphatic rings. The zero-order chi connectivity index (χ0) is 15.6. The molecule has 1 aromatic rings. The summed E-state index contributed by atoms with van der Waals surface area (Å²) in [5.41, 5.74) is 1.38. The minimum atomic E-state index is 0.759. The minimum absolute atomic E-state index is 0.759. The molecule has 2 rings (SSSR count). The third kappa shape index (κ3) is 5.71. The summed E-state index contributed by atoms with van der Waals surface area (Å²) >= 11 is 0. The second kappa shape index (κ2) is 9.98. The van der Waals surface area contributed by atoms with Crippen LogP contribution in [-0.2, 0) is 6.54 Å². The van der Waals surface area contributed by atoms with Crippen LogP contribution in [0.3, 0.4) is 0 Å². The summed E-state index contributed by atoms with van der Waals surface area (Å²) in [6.45, 7) is 13.0. The molecule has 0 aliphatic carbocycles. The molecule has 22 heavy (non-hydrogen) atoms. The van der Waals surface area contributed by atoms with Crippen molar-refractivity contribution >= 4 is 0 Å². The van der Waals surface area contributed by atoms with E-state index in [9.17, 15) is 0 Å². The zero-order valence-electron chi connectivity index (χ0n) is 14.4. The molecule has 1 atom stereocenters. The molecule has 3 nitrogen and oxygen atoms in total. The van der Waals surface area contributed by atoms with Gasteiger partial charge < -0.3 is 10.2 Å². The van der Waals surface area contributed by atoms with Gasteiger partial charge in [0, 0.05) is 32.2 Å². The molecular formula is C19H33N3. The first-order valence-electron chi connectivity index (χ1n) is 9.04. The molecular weight excluding hydrogens is 270 g/mol. The molecule has 1 heterocycles. The molecule has 1 fully saturated rings. The number of nitrogens with one attached hydrogen (secondary N) is 1. The van der Waals surface area contributed by atoms with Gasteiger partial charge in [-0.3, -0.25) is 4.90 Å². The van der Waals surface area contributed by atoms with Crippen LogP contribution < -0.4 is 5.32 Å². The Morgan fingerprint density at radius 2 is 1.91 bits per heavy atom. The Morgan fingerprint density at radius 3 is 2.64 bits per heavy atom. The van der Waals surface area contributed by atoms with Crippen LogP contribution in [0.25, 0.3) is 0 Å². The van der Waals surface area contributed by atoms with Crippen molar-refractivity contribution in [3.63, 3.8) is 0 Å². The maximum atomic E-state index is 3.57. The normalized spacial score (nSPS) is 20.4. The molecule has 1 N–H and O–H groups in total. The smallest absolute Gasteiger partial charge is 0.0221 e. The highest BCUT2D eigenvalue weighted by atomic mass is 15.3. The van der Waals surface area contributed by atoms with Gasteiger partial charge in [-0.15, -0.1) is 0 Å². The van der Waals surface area contributed by atoms with E-state index in [1.807, 2.05) is 0 Å². The first kappa shape index (κ1) is 17.5. The molecule has 0 saturated carbocycles. The number of hydrogen-bond donors (Lipinski definition) is 1. The molecule has 1 saturated heterocycles. The topological polar surface area (TPSA) is 18.5 Å². The van der Waals surface area contributed by atoms with E-state index in [4.69, 9.17) is 0 Å². The lowest BCUT2D eigenvalue weighted by molar-refractivity contribution is 0.0713. The molecule has 1 aromatic carbocycles. The third-order valence-corrected chi connectivity index (χ3v) is 4.67. The lowest BCUT2D eigenvalue weighted by Crippen LogP contribution is -2.53. The van der Waals surface area contributed by atoms with E-state index in [1.54, 1.807) is 0 Å². The van der Waals surface area contributed by atoms with Crippen molar-refractivity contribution in [1.29, 1.82) is 0 Å². The van der Waals surface area contributed by atoms with Gasteiger partial charge in [-0.2, -0.15) is 0 Å². The van der Waals surface area contributed by atoms with Gasteiger partial charge in [-0.25, -0.2) is 0 Å². The first-order chi connectivity index (χ1) is 10.8. The molecule has 0 bridgehead atoms. The van der Waals surface area contributed by atoms with Crippen LogP contribution in [0, 0.1) is 0 Å². The van der Waals surface area contributed by atoms with Crippen LogP contribution in [0.2, 0.25) is 0 Å². The third-order valence-electron chi connectivity index (χ3n) is 4.67. The highest BCUT2D eigenvalue weighted by molar-refractivity contribution is 5.14. The average molecular weight is 303 g/mol. The van der Waals surface area contributed by atoms with E-state index in [2.05, 4.69) is 59.3 Å². The average Bonchev–Trinajstić information content (AvgIpc) is 2.56. The highest BCUT2D eigenvalue weighted by Gasteiger charge is 2.24. The van der Waals surface area contributed by atoms with E-state index in [0.717, 1.165) is 19.1 Å². The molecule has 124 valence electrons. The fourth-order valence-corrected chi connectivity index (χ4v) is 3.39. The van der Waals surface area contributed by atoms with Crippen molar-refractivity contribution in [2.45, 2.75) is 45.7 Å². The second-order valence-electron chi connectivity index (χ2n) is 6.41. The van der Waals surface area contributed by atoms with Crippen LogP contribution >= 0.6 is 0 Å². The van der Waals surface area contributed by atoms with Crippen molar-refractivity contribution < 1.29 is 0 Å². The van der Waals surface area contributed by atoms with Crippen LogP contribution in [0.5, 0.6) is 0 Å². The minimum Gasteiger partial charge on any atom is -0.313 e. The Hall–Kier alpha value is -0.900.